The molecular formula is C19H20N2O3. The number of rotatable bonds is 5. The van der Waals surface area contributed by atoms with E-state index in [-0.39, 0.29) is 11.9 Å². The zero-order chi connectivity index (χ0) is 17.5. The first kappa shape index (κ1) is 17.3. The SMILES string of the molecule is COC(=O)c1ccc(C=CC(=O)Nc2ccc(N(C)C)cc2)cc1. The highest BCUT2D eigenvalue weighted by molar-refractivity contribution is 6.02. The molecule has 0 aromatic heterocycles. The van der Waals surface area contributed by atoms with Crippen LogP contribution in [-0.2, 0) is 9.53 Å². The van der Waals surface area contributed by atoms with Gasteiger partial charge in [0.1, 0.15) is 0 Å². The van der Waals surface area contributed by atoms with Crippen LogP contribution in [0.4, 0.5) is 11.4 Å². The van der Waals surface area contributed by atoms with Crippen LogP contribution in [-0.4, -0.2) is 33.1 Å². The normalized spacial score (nSPS) is 10.5. The van der Waals surface area contributed by atoms with Gasteiger partial charge in [-0.1, -0.05) is 12.1 Å². The minimum Gasteiger partial charge on any atom is -0.465 e. The number of anilines is 2. The van der Waals surface area contributed by atoms with Crippen molar-refractivity contribution in [1.82, 2.24) is 0 Å². The van der Waals surface area contributed by atoms with Gasteiger partial charge in [-0.15, -0.1) is 0 Å². The third-order valence-corrected chi connectivity index (χ3v) is 3.41. The van der Waals surface area contributed by atoms with Crippen molar-refractivity contribution in [2.45, 2.75) is 0 Å². The lowest BCUT2D eigenvalue weighted by Gasteiger charge is -2.12. The van der Waals surface area contributed by atoms with E-state index in [0.717, 1.165) is 16.9 Å². The third kappa shape index (κ3) is 4.71. The van der Waals surface area contributed by atoms with Crippen LogP contribution in [0.15, 0.2) is 54.6 Å². The summed E-state index contributed by atoms with van der Waals surface area (Å²) < 4.78 is 4.64. The van der Waals surface area contributed by atoms with Gasteiger partial charge in [0.25, 0.3) is 0 Å². The van der Waals surface area contributed by atoms with E-state index < -0.39 is 0 Å². The van der Waals surface area contributed by atoms with E-state index in [1.54, 1.807) is 30.3 Å². The Bertz CT molecular complexity index is 732. The number of nitrogens with zero attached hydrogens (tertiary/aromatic N) is 1. The van der Waals surface area contributed by atoms with Gasteiger partial charge in [0, 0.05) is 31.5 Å². The Labute approximate surface area is 141 Å². The molecule has 5 nitrogen and oxygen atoms in total. The Morgan fingerprint density at radius 1 is 1.00 bits per heavy atom. The summed E-state index contributed by atoms with van der Waals surface area (Å²) in [7, 11) is 5.26. The van der Waals surface area contributed by atoms with E-state index in [0.29, 0.717) is 5.56 Å². The summed E-state index contributed by atoms with van der Waals surface area (Å²) in [4.78, 5) is 25.3. The number of esters is 1. The number of amides is 1. The van der Waals surface area contributed by atoms with Crippen LogP contribution in [0.2, 0.25) is 0 Å². The van der Waals surface area contributed by atoms with Gasteiger partial charge in [-0.05, 0) is 48.0 Å². The Hall–Kier alpha value is -3.08. The highest BCUT2D eigenvalue weighted by Gasteiger charge is 2.03. The van der Waals surface area contributed by atoms with Crippen LogP contribution >= 0.6 is 0 Å². The molecule has 124 valence electrons. The molecule has 0 saturated heterocycles. The molecule has 0 unspecified atom stereocenters. The van der Waals surface area contributed by atoms with Crippen molar-refractivity contribution >= 4 is 29.3 Å². The fourth-order valence-electron chi connectivity index (χ4n) is 2.05. The lowest BCUT2D eigenvalue weighted by Crippen LogP contribution is -2.10. The molecule has 2 rings (SSSR count). The van der Waals surface area contributed by atoms with Crippen molar-refractivity contribution in [1.29, 1.82) is 0 Å². The average Bonchev–Trinajstić information content (AvgIpc) is 2.60. The molecule has 24 heavy (non-hydrogen) atoms. The topological polar surface area (TPSA) is 58.6 Å². The van der Waals surface area contributed by atoms with Crippen LogP contribution in [0, 0.1) is 0 Å². The standard InChI is InChI=1S/C19H20N2O3/c1-21(2)17-11-9-16(10-12-17)20-18(22)13-6-14-4-7-15(8-5-14)19(23)24-3/h4-13H,1-3H3,(H,20,22). The van der Waals surface area contributed by atoms with E-state index in [1.807, 2.05) is 43.3 Å². The molecule has 0 saturated carbocycles. The molecule has 0 aliphatic rings. The highest BCUT2D eigenvalue weighted by Crippen LogP contribution is 2.15. The fraction of sp³-hybridized carbons (Fsp3) is 0.158. The predicted molar refractivity (Wildman–Crippen MR) is 96.2 cm³/mol. The van der Waals surface area contributed by atoms with E-state index in [9.17, 15) is 9.59 Å². The second-order valence-electron chi connectivity index (χ2n) is 5.38. The number of nitrogens with one attached hydrogen (secondary N) is 1. The molecule has 0 heterocycles. The smallest absolute Gasteiger partial charge is 0.337 e. The molecule has 0 aliphatic carbocycles. The molecule has 2 aromatic carbocycles. The predicted octanol–water partition coefficient (Wildman–Crippen LogP) is 3.19. The monoisotopic (exact) mass is 324 g/mol. The largest absolute Gasteiger partial charge is 0.465 e. The first-order valence-electron chi connectivity index (χ1n) is 7.44. The first-order chi connectivity index (χ1) is 11.5. The summed E-state index contributed by atoms with van der Waals surface area (Å²) in [5.74, 6) is -0.603. The zero-order valence-electron chi connectivity index (χ0n) is 13.9. The van der Waals surface area contributed by atoms with Gasteiger partial charge in [-0.3, -0.25) is 4.79 Å². The maximum Gasteiger partial charge on any atom is 0.337 e. The summed E-state index contributed by atoms with van der Waals surface area (Å²) in [6, 6.07) is 14.4. The van der Waals surface area contributed by atoms with E-state index in [2.05, 4.69) is 10.1 Å². The second-order valence-corrected chi connectivity index (χ2v) is 5.38. The zero-order valence-corrected chi connectivity index (χ0v) is 13.9. The van der Waals surface area contributed by atoms with Crippen molar-refractivity contribution in [2.75, 3.05) is 31.4 Å². The van der Waals surface area contributed by atoms with Crippen LogP contribution in [0.3, 0.4) is 0 Å². The quantitative estimate of drug-likeness (QED) is 0.678. The number of ether oxygens (including phenoxy) is 1. The minimum atomic E-state index is -0.385. The summed E-state index contributed by atoms with van der Waals surface area (Å²) in [6.45, 7) is 0. The maximum absolute atomic E-state index is 11.9. The van der Waals surface area contributed by atoms with Gasteiger partial charge in [-0.25, -0.2) is 4.79 Å². The number of hydrogen-bond acceptors (Lipinski definition) is 4. The van der Waals surface area contributed by atoms with Gasteiger partial charge in [-0.2, -0.15) is 0 Å². The van der Waals surface area contributed by atoms with E-state index in [1.165, 1.54) is 13.2 Å². The van der Waals surface area contributed by atoms with Crippen LogP contribution in [0.1, 0.15) is 15.9 Å². The Balaban J connectivity index is 1.96. The molecule has 0 aliphatic heterocycles. The summed E-state index contributed by atoms with van der Waals surface area (Å²) in [5, 5.41) is 2.80. The van der Waals surface area contributed by atoms with Crippen molar-refractivity contribution in [2.24, 2.45) is 0 Å². The Morgan fingerprint density at radius 2 is 1.62 bits per heavy atom. The average molecular weight is 324 g/mol. The lowest BCUT2D eigenvalue weighted by molar-refractivity contribution is -0.111. The Kier molecular flexibility index (Phi) is 5.73. The van der Waals surface area contributed by atoms with Gasteiger partial charge in [0.15, 0.2) is 0 Å². The summed E-state index contributed by atoms with van der Waals surface area (Å²) >= 11 is 0. The molecule has 0 atom stereocenters. The highest BCUT2D eigenvalue weighted by atomic mass is 16.5. The van der Waals surface area contributed by atoms with Crippen LogP contribution < -0.4 is 10.2 Å². The van der Waals surface area contributed by atoms with Crippen LogP contribution in [0.5, 0.6) is 0 Å². The molecule has 1 amide bonds. The lowest BCUT2D eigenvalue weighted by atomic mass is 10.1. The van der Waals surface area contributed by atoms with Crippen LogP contribution in [0.25, 0.3) is 6.08 Å². The molecule has 0 radical (unpaired) electrons. The molecule has 0 spiro atoms. The molecule has 2 aromatic rings. The summed E-state index contributed by atoms with van der Waals surface area (Å²) in [6.07, 6.45) is 3.14. The van der Waals surface area contributed by atoms with Crippen molar-refractivity contribution < 1.29 is 14.3 Å². The molecule has 5 heteroatoms. The van der Waals surface area contributed by atoms with Gasteiger partial charge >= 0.3 is 5.97 Å². The minimum absolute atomic E-state index is 0.218. The van der Waals surface area contributed by atoms with E-state index >= 15 is 0 Å². The fourth-order valence-corrected chi connectivity index (χ4v) is 2.05. The molecule has 0 fully saturated rings. The number of carbonyl (C=O) groups excluding carboxylic acids is 2. The number of benzene rings is 2. The summed E-state index contributed by atoms with van der Waals surface area (Å²) in [5.41, 5.74) is 3.09. The molecule has 1 N–H and O–H groups in total. The van der Waals surface area contributed by atoms with Gasteiger partial charge in [0.2, 0.25) is 5.91 Å². The third-order valence-electron chi connectivity index (χ3n) is 3.41. The van der Waals surface area contributed by atoms with Crippen molar-refractivity contribution in [3.63, 3.8) is 0 Å². The number of carbonyl (C=O) groups is 2. The van der Waals surface area contributed by atoms with Gasteiger partial charge < -0.3 is 15.0 Å². The van der Waals surface area contributed by atoms with Crippen molar-refractivity contribution in [3.05, 3.63) is 65.7 Å². The second kappa shape index (κ2) is 7.97. The maximum atomic E-state index is 11.9. The van der Waals surface area contributed by atoms with Crippen molar-refractivity contribution in [3.8, 4) is 0 Å². The number of methoxy groups -OCH3 is 1. The molecular weight excluding hydrogens is 304 g/mol. The van der Waals surface area contributed by atoms with E-state index in [4.69, 9.17) is 0 Å². The number of hydrogen-bond donors (Lipinski definition) is 1. The first-order valence-corrected chi connectivity index (χ1v) is 7.44. The van der Waals surface area contributed by atoms with Gasteiger partial charge in [0.05, 0.1) is 12.7 Å². The Morgan fingerprint density at radius 3 is 2.17 bits per heavy atom. The molecule has 0 bridgehead atoms.